The monoisotopic (exact) mass is 544 g/mol. The number of esters is 1. The molecule has 40 heavy (non-hydrogen) atoms. The first-order chi connectivity index (χ1) is 19.5. The molecule has 3 rings (SSSR count). The van der Waals surface area contributed by atoms with Crippen LogP contribution in [-0.4, -0.2) is 17.0 Å². The van der Waals surface area contributed by atoms with Crippen molar-refractivity contribution in [2.75, 3.05) is 0 Å². The van der Waals surface area contributed by atoms with E-state index < -0.39 is 17.9 Å². The summed E-state index contributed by atoms with van der Waals surface area (Å²) < 4.78 is 5.91. The summed E-state index contributed by atoms with van der Waals surface area (Å²) in [5.41, 5.74) is 1.16. The van der Waals surface area contributed by atoms with E-state index in [0.29, 0.717) is 5.75 Å². The van der Waals surface area contributed by atoms with Crippen molar-refractivity contribution in [2.45, 2.75) is 110 Å². The first-order valence-corrected chi connectivity index (χ1v) is 15.6. The third kappa shape index (κ3) is 10.1. The molecule has 0 radical (unpaired) electrons. The van der Waals surface area contributed by atoms with Crippen LogP contribution in [0.15, 0.2) is 60.7 Å². The van der Waals surface area contributed by atoms with Gasteiger partial charge in [0.2, 0.25) is 0 Å². The highest BCUT2D eigenvalue weighted by Gasteiger charge is 2.21. The highest BCUT2D eigenvalue weighted by molar-refractivity contribution is 6.06. The molecule has 0 heterocycles. The molecule has 0 spiro atoms. The standard InChI is InChI=1S/C36H48O4/c1-3-5-6-7-8-9-10-11-12-13-14-15-16-17-21-31(36(38)39)27-34(37)40-35-32-22-19-18-20-29(32)26-30-24-23-28(4-2)25-33(30)35/h17-26,31H,3-16,27H2,1-2H3,(H,38,39). The number of carbonyl (C=O) groups excluding carboxylic acids is 1. The Hall–Kier alpha value is -3.14. The average Bonchev–Trinajstić information content (AvgIpc) is 2.96. The predicted octanol–water partition coefficient (Wildman–Crippen LogP) is 10.2. The number of benzene rings is 3. The van der Waals surface area contributed by atoms with Crippen molar-refractivity contribution in [2.24, 2.45) is 5.92 Å². The van der Waals surface area contributed by atoms with Gasteiger partial charge in [0, 0.05) is 10.8 Å². The quantitative estimate of drug-likeness (QED) is 0.0536. The Labute approximate surface area is 240 Å². The van der Waals surface area contributed by atoms with Gasteiger partial charge in [0.1, 0.15) is 5.75 Å². The molecular weight excluding hydrogens is 496 g/mol. The number of rotatable bonds is 19. The molecule has 0 aliphatic rings. The minimum absolute atomic E-state index is 0.192. The SMILES string of the molecule is CCCCCCCCCCCCCCC=CC(CC(=O)Oc1c2ccccc2cc2ccc(CC)cc12)C(=O)O. The molecule has 0 bridgehead atoms. The fourth-order valence-corrected chi connectivity index (χ4v) is 5.33. The number of ether oxygens (including phenoxy) is 1. The lowest BCUT2D eigenvalue weighted by Gasteiger charge is -2.14. The number of aryl methyl sites for hydroxylation is 1. The van der Waals surface area contributed by atoms with Crippen LogP contribution in [0.25, 0.3) is 21.5 Å². The molecule has 0 saturated carbocycles. The predicted molar refractivity (Wildman–Crippen MR) is 167 cm³/mol. The zero-order valence-electron chi connectivity index (χ0n) is 24.6. The fraction of sp³-hybridized carbons (Fsp3) is 0.500. The van der Waals surface area contributed by atoms with Gasteiger partial charge in [0.15, 0.2) is 0 Å². The van der Waals surface area contributed by atoms with E-state index >= 15 is 0 Å². The second-order valence-electron chi connectivity index (χ2n) is 11.1. The van der Waals surface area contributed by atoms with Gasteiger partial charge in [-0.25, -0.2) is 0 Å². The van der Waals surface area contributed by atoms with Crippen LogP contribution in [0.4, 0.5) is 0 Å². The topological polar surface area (TPSA) is 63.6 Å². The number of hydrogen-bond acceptors (Lipinski definition) is 3. The number of aliphatic carboxylic acids is 1. The first-order valence-electron chi connectivity index (χ1n) is 15.6. The number of carboxylic acid groups (broad SMARTS) is 1. The minimum Gasteiger partial charge on any atom is -0.481 e. The molecule has 0 aliphatic heterocycles. The molecule has 0 amide bonds. The Morgan fingerprint density at radius 2 is 1.40 bits per heavy atom. The van der Waals surface area contributed by atoms with Crippen LogP contribution in [0.1, 0.15) is 109 Å². The maximum atomic E-state index is 13.0. The Morgan fingerprint density at radius 3 is 2.05 bits per heavy atom. The van der Waals surface area contributed by atoms with Crippen molar-refractivity contribution in [3.8, 4) is 5.75 Å². The zero-order chi connectivity index (χ0) is 28.6. The van der Waals surface area contributed by atoms with Gasteiger partial charge in [0.05, 0.1) is 12.3 Å². The smallest absolute Gasteiger partial charge is 0.312 e. The molecule has 0 aliphatic carbocycles. The highest BCUT2D eigenvalue weighted by Crippen LogP contribution is 2.36. The van der Waals surface area contributed by atoms with E-state index in [9.17, 15) is 14.7 Å². The number of unbranched alkanes of at least 4 members (excludes halogenated alkanes) is 12. The molecule has 3 aromatic carbocycles. The van der Waals surface area contributed by atoms with Crippen molar-refractivity contribution in [3.63, 3.8) is 0 Å². The summed E-state index contributed by atoms with van der Waals surface area (Å²) >= 11 is 0. The molecule has 4 nitrogen and oxygen atoms in total. The van der Waals surface area contributed by atoms with Crippen molar-refractivity contribution in [1.29, 1.82) is 0 Å². The third-order valence-corrected chi connectivity index (χ3v) is 7.80. The molecule has 4 heteroatoms. The molecule has 1 unspecified atom stereocenters. The number of fused-ring (bicyclic) bond motifs is 2. The van der Waals surface area contributed by atoms with Gasteiger partial charge in [-0.1, -0.05) is 133 Å². The van der Waals surface area contributed by atoms with Gasteiger partial charge in [-0.05, 0) is 47.7 Å². The van der Waals surface area contributed by atoms with E-state index in [1.807, 2.05) is 30.3 Å². The Kier molecular flexibility index (Phi) is 13.8. The second kappa shape index (κ2) is 17.5. The summed E-state index contributed by atoms with van der Waals surface area (Å²) in [4.78, 5) is 24.9. The molecule has 0 saturated heterocycles. The van der Waals surface area contributed by atoms with E-state index in [-0.39, 0.29) is 6.42 Å². The fourth-order valence-electron chi connectivity index (χ4n) is 5.33. The Bertz CT molecular complexity index is 1240. The second-order valence-corrected chi connectivity index (χ2v) is 11.1. The molecule has 216 valence electrons. The Morgan fingerprint density at radius 1 is 0.775 bits per heavy atom. The average molecular weight is 545 g/mol. The summed E-state index contributed by atoms with van der Waals surface area (Å²) in [6.45, 7) is 4.35. The van der Waals surface area contributed by atoms with Crippen LogP contribution in [0.5, 0.6) is 5.75 Å². The summed E-state index contributed by atoms with van der Waals surface area (Å²) in [7, 11) is 0. The van der Waals surface area contributed by atoms with E-state index in [1.165, 1.54) is 64.2 Å². The van der Waals surface area contributed by atoms with Crippen LogP contribution in [0.2, 0.25) is 0 Å². The van der Waals surface area contributed by atoms with Gasteiger partial charge in [0.25, 0.3) is 0 Å². The highest BCUT2D eigenvalue weighted by atomic mass is 16.5. The van der Waals surface area contributed by atoms with E-state index in [2.05, 4.69) is 38.1 Å². The van der Waals surface area contributed by atoms with E-state index in [4.69, 9.17) is 4.74 Å². The van der Waals surface area contributed by atoms with Gasteiger partial charge in [-0.3, -0.25) is 9.59 Å². The largest absolute Gasteiger partial charge is 0.481 e. The lowest BCUT2D eigenvalue weighted by Crippen LogP contribution is -2.19. The normalized spacial score (nSPS) is 12.3. The molecule has 3 aromatic rings. The van der Waals surface area contributed by atoms with Gasteiger partial charge in [-0.15, -0.1) is 0 Å². The first kappa shape index (κ1) is 31.4. The van der Waals surface area contributed by atoms with Crippen LogP contribution in [0.3, 0.4) is 0 Å². The maximum Gasteiger partial charge on any atom is 0.312 e. The number of hydrogen-bond donors (Lipinski definition) is 1. The maximum absolute atomic E-state index is 13.0. The van der Waals surface area contributed by atoms with Crippen molar-refractivity contribution in [1.82, 2.24) is 0 Å². The lowest BCUT2D eigenvalue weighted by molar-refractivity contribution is -0.145. The van der Waals surface area contributed by atoms with Crippen LogP contribution >= 0.6 is 0 Å². The van der Waals surface area contributed by atoms with Crippen molar-refractivity contribution < 1.29 is 19.4 Å². The minimum atomic E-state index is -1.00. The molecule has 0 fully saturated rings. The molecule has 1 atom stereocenters. The molecular formula is C36H48O4. The van der Waals surface area contributed by atoms with Crippen molar-refractivity contribution >= 4 is 33.5 Å². The zero-order valence-corrected chi connectivity index (χ0v) is 24.6. The van der Waals surface area contributed by atoms with Gasteiger partial charge < -0.3 is 9.84 Å². The number of carboxylic acids is 1. The summed E-state index contributed by atoms with van der Waals surface area (Å²) in [6, 6.07) is 16.1. The van der Waals surface area contributed by atoms with E-state index in [0.717, 1.165) is 52.8 Å². The van der Waals surface area contributed by atoms with Gasteiger partial charge >= 0.3 is 11.9 Å². The summed E-state index contributed by atoms with van der Waals surface area (Å²) in [5.74, 6) is -1.91. The van der Waals surface area contributed by atoms with E-state index in [1.54, 1.807) is 6.08 Å². The van der Waals surface area contributed by atoms with Gasteiger partial charge in [-0.2, -0.15) is 0 Å². The molecule has 1 N–H and O–H groups in total. The lowest BCUT2D eigenvalue weighted by atomic mass is 9.99. The number of allylic oxidation sites excluding steroid dienone is 1. The number of carbonyl (C=O) groups is 2. The Balaban J connectivity index is 1.47. The van der Waals surface area contributed by atoms with Crippen LogP contribution in [-0.2, 0) is 16.0 Å². The van der Waals surface area contributed by atoms with Crippen molar-refractivity contribution in [3.05, 3.63) is 66.2 Å². The van der Waals surface area contributed by atoms with Crippen LogP contribution < -0.4 is 4.74 Å². The summed E-state index contributed by atoms with van der Waals surface area (Å²) in [5, 5.41) is 13.5. The molecule has 0 aromatic heterocycles. The van der Waals surface area contributed by atoms with Crippen LogP contribution in [0, 0.1) is 5.92 Å². The third-order valence-electron chi connectivity index (χ3n) is 7.80. The summed E-state index contributed by atoms with van der Waals surface area (Å²) in [6.07, 6.45) is 20.7.